The molecule has 236 valence electrons. The molecule has 4 amide bonds. The average Bonchev–Trinajstić information content (AvgIpc) is 3.67. The topological polar surface area (TPSA) is 125 Å². The molecule has 9 nitrogen and oxygen atoms in total. The number of hydrogen-bond donors (Lipinski definition) is 3. The number of carbonyl (C=O) groups excluding carboxylic acids is 5. The first kappa shape index (κ1) is 33.8. The van der Waals surface area contributed by atoms with Crippen LogP contribution in [0.5, 0.6) is 0 Å². The fraction of sp³-hybridized carbons (Fsp3) is 0.788. The summed E-state index contributed by atoms with van der Waals surface area (Å²) in [7, 11) is 0. The molecule has 1 saturated heterocycles. The lowest BCUT2D eigenvalue weighted by Crippen LogP contribution is -2.59. The minimum atomic E-state index is -0.965. The van der Waals surface area contributed by atoms with E-state index in [1.165, 1.54) is 6.08 Å². The highest BCUT2D eigenvalue weighted by atomic mass is 16.2. The summed E-state index contributed by atoms with van der Waals surface area (Å²) in [6, 6.07) is -2.38. The van der Waals surface area contributed by atoms with Crippen LogP contribution in [0.15, 0.2) is 12.7 Å². The summed E-state index contributed by atoms with van der Waals surface area (Å²) >= 11 is 0. The van der Waals surface area contributed by atoms with Crippen molar-refractivity contribution in [1.82, 2.24) is 20.9 Å². The van der Waals surface area contributed by atoms with E-state index in [9.17, 15) is 24.0 Å². The minimum Gasteiger partial charge on any atom is -0.346 e. The van der Waals surface area contributed by atoms with E-state index in [1.807, 2.05) is 20.8 Å². The zero-order valence-corrected chi connectivity index (χ0v) is 26.1. The Balaban J connectivity index is 1.82. The third kappa shape index (κ3) is 9.14. The lowest BCUT2D eigenvalue weighted by molar-refractivity contribution is -0.145. The molecule has 0 radical (unpaired) electrons. The van der Waals surface area contributed by atoms with Crippen molar-refractivity contribution in [2.45, 2.75) is 129 Å². The molecule has 1 heterocycles. The smallest absolute Gasteiger partial charge is 0.289 e. The summed E-state index contributed by atoms with van der Waals surface area (Å²) in [6.07, 6.45) is 13.8. The number of rotatable bonds is 15. The van der Waals surface area contributed by atoms with Gasteiger partial charge in [0.05, 0.1) is 6.04 Å². The van der Waals surface area contributed by atoms with Crippen molar-refractivity contribution < 1.29 is 24.0 Å². The lowest BCUT2D eigenvalue weighted by atomic mass is 9.82. The summed E-state index contributed by atoms with van der Waals surface area (Å²) in [5.74, 6) is -1.63. The van der Waals surface area contributed by atoms with Crippen LogP contribution in [0, 0.1) is 23.7 Å². The molecule has 0 bridgehead atoms. The van der Waals surface area contributed by atoms with E-state index in [0.29, 0.717) is 38.1 Å². The maximum Gasteiger partial charge on any atom is 0.289 e. The highest BCUT2D eigenvalue weighted by Gasteiger charge is 2.47. The van der Waals surface area contributed by atoms with Crippen molar-refractivity contribution in [3.8, 4) is 0 Å². The van der Waals surface area contributed by atoms with Gasteiger partial charge in [0.1, 0.15) is 12.1 Å². The number of Topliss-reactive ketones (excluding diaryl/α,β-unsaturated/α-hetero) is 1. The summed E-state index contributed by atoms with van der Waals surface area (Å²) < 4.78 is 0. The first-order chi connectivity index (χ1) is 20.2. The number of hydrogen-bond acceptors (Lipinski definition) is 5. The summed E-state index contributed by atoms with van der Waals surface area (Å²) in [4.78, 5) is 68.6. The maximum atomic E-state index is 14.3. The molecule has 3 fully saturated rings. The second-order valence-corrected chi connectivity index (χ2v) is 13.0. The Hall–Kier alpha value is -2.71. The van der Waals surface area contributed by atoms with Crippen LogP contribution in [0.25, 0.3) is 0 Å². The quantitative estimate of drug-likeness (QED) is 0.197. The van der Waals surface area contributed by atoms with Gasteiger partial charge in [0.25, 0.3) is 5.91 Å². The summed E-state index contributed by atoms with van der Waals surface area (Å²) in [6.45, 7) is 10.2. The van der Waals surface area contributed by atoms with E-state index in [4.69, 9.17) is 0 Å². The predicted octanol–water partition coefficient (Wildman–Crippen LogP) is 4.05. The molecule has 2 aliphatic carbocycles. The Morgan fingerprint density at radius 2 is 1.60 bits per heavy atom. The Morgan fingerprint density at radius 1 is 0.929 bits per heavy atom. The molecular weight excluding hydrogens is 532 g/mol. The van der Waals surface area contributed by atoms with Gasteiger partial charge in [-0.2, -0.15) is 0 Å². The van der Waals surface area contributed by atoms with Gasteiger partial charge in [0.2, 0.25) is 23.5 Å². The van der Waals surface area contributed by atoms with Gasteiger partial charge in [-0.15, -0.1) is 6.58 Å². The van der Waals surface area contributed by atoms with E-state index in [1.54, 1.807) is 4.90 Å². The largest absolute Gasteiger partial charge is 0.346 e. The second kappa shape index (κ2) is 16.8. The molecule has 3 N–H and O–H groups in total. The van der Waals surface area contributed by atoms with Crippen LogP contribution < -0.4 is 16.0 Å². The number of nitrogens with zero attached hydrogens (tertiary/aromatic N) is 1. The molecule has 3 rings (SSSR count). The monoisotopic (exact) mass is 586 g/mol. The number of amides is 4. The fourth-order valence-corrected chi connectivity index (χ4v) is 7.18. The summed E-state index contributed by atoms with van der Waals surface area (Å²) in [5.41, 5.74) is 0. The van der Waals surface area contributed by atoms with Crippen LogP contribution in [0.4, 0.5) is 0 Å². The molecule has 4 atom stereocenters. The first-order valence-electron chi connectivity index (χ1n) is 16.5. The van der Waals surface area contributed by atoms with E-state index < -0.39 is 35.7 Å². The zero-order chi connectivity index (χ0) is 30.6. The number of carbonyl (C=O) groups is 5. The van der Waals surface area contributed by atoms with Crippen LogP contribution in [0.2, 0.25) is 0 Å². The number of likely N-dealkylation sites (tertiary alicyclic amines) is 1. The van der Waals surface area contributed by atoms with Crippen molar-refractivity contribution >= 4 is 29.4 Å². The molecule has 42 heavy (non-hydrogen) atoms. The Bertz CT molecular complexity index is 954. The Kier molecular flexibility index (Phi) is 13.5. The highest BCUT2D eigenvalue weighted by molar-refractivity contribution is 6.38. The summed E-state index contributed by atoms with van der Waals surface area (Å²) in [5, 5.41) is 8.53. The fourth-order valence-electron chi connectivity index (χ4n) is 7.18. The van der Waals surface area contributed by atoms with Gasteiger partial charge >= 0.3 is 0 Å². The molecule has 0 aromatic rings. The third-order valence-electron chi connectivity index (χ3n) is 9.62. The highest BCUT2D eigenvalue weighted by Crippen LogP contribution is 2.34. The van der Waals surface area contributed by atoms with Gasteiger partial charge in [-0.3, -0.25) is 24.0 Å². The van der Waals surface area contributed by atoms with Gasteiger partial charge in [0, 0.05) is 19.5 Å². The molecule has 2 saturated carbocycles. The molecule has 0 spiro atoms. The molecule has 0 aromatic carbocycles. The van der Waals surface area contributed by atoms with E-state index in [-0.39, 0.29) is 36.1 Å². The van der Waals surface area contributed by atoms with E-state index in [0.717, 1.165) is 64.2 Å². The Labute approximate surface area is 252 Å². The molecular formula is C33H54N4O5. The number of nitrogens with one attached hydrogen (secondary N) is 3. The van der Waals surface area contributed by atoms with Crippen LogP contribution in [-0.4, -0.2) is 65.5 Å². The zero-order valence-electron chi connectivity index (χ0n) is 26.1. The van der Waals surface area contributed by atoms with Crippen LogP contribution in [0.1, 0.15) is 111 Å². The van der Waals surface area contributed by atoms with Gasteiger partial charge in [0.15, 0.2) is 0 Å². The normalized spacial score (nSPS) is 22.9. The van der Waals surface area contributed by atoms with E-state index in [2.05, 4.69) is 22.5 Å². The van der Waals surface area contributed by atoms with Crippen LogP contribution in [0.3, 0.4) is 0 Å². The van der Waals surface area contributed by atoms with Gasteiger partial charge in [-0.25, -0.2) is 0 Å². The molecule has 3 aliphatic rings. The molecule has 1 unspecified atom stereocenters. The minimum absolute atomic E-state index is 0.0491. The van der Waals surface area contributed by atoms with E-state index >= 15 is 0 Å². The molecule has 1 aliphatic heterocycles. The number of ketones is 1. The Morgan fingerprint density at radius 3 is 2.21 bits per heavy atom. The van der Waals surface area contributed by atoms with Crippen LogP contribution >= 0.6 is 0 Å². The predicted molar refractivity (Wildman–Crippen MR) is 163 cm³/mol. The molecule has 0 aromatic heterocycles. The first-order valence-corrected chi connectivity index (χ1v) is 16.5. The maximum absolute atomic E-state index is 14.3. The van der Waals surface area contributed by atoms with Crippen molar-refractivity contribution in [3.63, 3.8) is 0 Å². The SMILES string of the molecule is C=CCNC(=O)C(=O)C(CCCC)NC(=O)[C@@H]1[C@@H](C(C)C)CCN1C(=O)[C@@H](NC(=O)CC1CCCC1)C1CCCCC1. The second-order valence-electron chi connectivity index (χ2n) is 13.0. The van der Waals surface area contributed by atoms with Crippen molar-refractivity contribution in [2.24, 2.45) is 23.7 Å². The molecule has 9 heteroatoms. The number of unbranched alkanes of at least 4 members (excludes halogenated alkanes) is 1. The van der Waals surface area contributed by atoms with Gasteiger partial charge in [-0.05, 0) is 62.2 Å². The van der Waals surface area contributed by atoms with Gasteiger partial charge < -0.3 is 20.9 Å². The van der Waals surface area contributed by atoms with Crippen molar-refractivity contribution in [1.29, 1.82) is 0 Å². The van der Waals surface area contributed by atoms with Gasteiger partial charge in [-0.1, -0.05) is 71.8 Å². The standard InChI is InChI=1S/C33H54N4O5/c1-5-7-17-26(30(39)32(41)34-19-6-2)35-31(40)29-25(22(3)4)18-20-37(29)33(42)28(24-15-9-8-10-16-24)36-27(38)21-23-13-11-12-14-23/h6,22-26,28-29H,2,5,7-21H2,1,3-4H3,(H,34,41)(H,35,40)(H,36,38)/t25-,26?,28+,29+/m1/s1. The lowest BCUT2D eigenvalue weighted by Gasteiger charge is -2.36. The van der Waals surface area contributed by atoms with Crippen LogP contribution in [-0.2, 0) is 24.0 Å². The van der Waals surface area contributed by atoms with Crippen molar-refractivity contribution in [3.05, 3.63) is 12.7 Å². The van der Waals surface area contributed by atoms with Crippen molar-refractivity contribution in [2.75, 3.05) is 13.1 Å². The average molecular weight is 587 g/mol. The third-order valence-corrected chi connectivity index (χ3v) is 9.62.